The van der Waals surface area contributed by atoms with E-state index in [1.807, 2.05) is 48.5 Å². The van der Waals surface area contributed by atoms with Gasteiger partial charge in [0.15, 0.2) is 17.6 Å². The highest BCUT2D eigenvalue weighted by Gasteiger charge is 2.20. The normalized spacial score (nSPS) is 15.6. The highest BCUT2D eigenvalue weighted by molar-refractivity contribution is 5.76. The lowest BCUT2D eigenvalue weighted by Gasteiger charge is -2.26. The van der Waals surface area contributed by atoms with Gasteiger partial charge >= 0.3 is 6.03 Å². The van der Waals surface area contributed by atoms with E-state index in [4.69, 9.17) is 14.2 Å². The molecule has 25 heavy (non-hydrogen) atoms. The topological polar surface area (TPSA) is 68.8 Å². The molecule has 3 rings (SSSR count). The molecule has 1 unspecified atom stereocenters. The Balaban J connectivity index is 1.43. The number of carbonyl (C=O) groups excluding carboxylic acids is 1. The van der Waals surface area contributed by atoms with Crippen molar-refractivity contribution >= 4 is 12.1 Å². The predicted octanol–water partition coefficient (Wildman–Crippen LogP) is 2.81. The van der Waals surface area contributed by atoms with Gasteiger partial charge in [-0.15, -0.1) is 0 Å². The van der Waals surface area contributed by atoms with Gasteiger partial charge in [-0.2, -0.15) is 0 Å². The van der Waals surface area contributed by atoms with Crippen molar-refractivity contribution in [2.45, 2.75) is 6.10 Å². The number of hydrogen-bond donors (Lipinski definition) is 2. The number of rotatable bonds is 5. The molecule has 2 amide bonds. The molecule has 0 radical (unpaired) electrons. The summed E-state index contributed by atoms with van der Waals surface area (Å²) in [5.74, 6) is 2.18. The van der Waals surface area contributed by atoms with E-state index in [0.29, 0.717) is 18.9 Å². The molecule has 1 atom stereocenters. The third-order valence-corrected chi connectivity index (χ3v) is 3.64. The lowest BCUT2D eigenvalue weighted by molar-refractivity contribution is 0.0919. The number of carbonyl (C=O) groups is 1. The molecule has 0 aliphatic carbocycles. The zero-order valence-electron chi connectivity index (χ0n) is 13.9. The average Bonchev–Trinajstić information content (AvgIpc) is 2.66. The van der Waals surface area contributed by atoms with Gasteiger partial charge in [0.1, 0.15) is 12.4 Å². The lowest BCUT2D eigenvalue weighted by Crippen LogP contribution is -2.43. The molecule has 6 nitrogen and oxygen atoms in total. The summed E-state index contributed by atoms with van der Waals surface area (Å²) >= 11 is 0. The number of methoxy groups -OCH3 is 1. The maximum Gasteiger partial charge on any atom is 0.318 e. The van der Waals surface area contributed by atoms with Gasteiger partial charge in [0.2, 0.25) is 0 Å². The second-order valence-electron chi connectivity index (χ2n) is 5.46. The largest absolute Gasteiger partial charge is 0.497 e. The van der Waals surface area contributed by atoms with Crippen LogP contribution in [0.25, 0.3) is 6.08 Å². The molecule has 0 spiro atoms. The summed E-state index contributed by atoms with van der Waals surface area (Å²) in [6.07, 6.45) is 3.15. The van der Waals surface area contributed by atoms with Gasteiger partial charge in [-0.05, 0) is 35.9 Å². The number of para-hydroxylation sites is 2. The fourth-order valence-corrected chi connectivity index (χ4v) is 2.38. The van der Waals surface area contributed by atoms with Crippen molar-refractivity contribution in [2.24, 2.45) is 0 Å². The maximum atomic E-state index is 11.9. The van der Waals surface area contributed by atoms with E-state index >= 15 is 0 Å². The van der Waals surface area contributed by atoms with E-state index < -0.39 is 0 Å². The van der Waals surface area contributed by atoms with E-state index in [1.165, 1.54) is 0 Å². The Bertz CT molecular complexity index is 761. The summed E-state index contributed by atoms with van der Waals surface area (Å²) < 4.78 is 16.5. The molecule has 0 fully saturated rings. The highest BCUT2D eigenvalue weighted by atomic mass is 16.6. The Hall–Kier alpha value is -3.15. The second-order valence-corrected chi connectivity index (χ2v) is 5.46. The average molecular weight is 340 g/mol. The molecule has 0 bridgehead atoms. The number of fused-ring (bicyclic) bond motifs is 1. The fourth-order valence-electron chi connectivity index (χ4n) is 2.38. The van der Waals surface area contributed by atoms with Crippen molar-refractivity contribution in [3.63, 3.8) is 0 Å². The van der Waals surface area contributed by atoms with E-state index in [2.05, 4.69) is 10.6 Å². The van der Waals surface area contributed by atoms with Crippen LogP contribution in [-0.4, -0.2) is 32.4 Å². The molecule has 2 aromatic carbocycles. The van der Waals surface area contributed by atoms with Crippen molar-refractivity contribution in [3.8, 4) is 17.2 Å². The van der Waals surface area contributed by atoms with Crippen LogP contribution in [0.15, 0.2) is 54.7 Å². The van der Waals surface area contributed by atoms with Crippen LogP contribution in [-0.2, 0) is 0 Å². The molecule has 0 aromatic heterocycles. The minimum atomic E-state index is -0.304. The minimum absolute atomic E-state index is 0.219. The fraction of sp³-hybridized carbons (Fsp3) is 0.211. The summed E-state index contributed by atoms with van der Waals surface area (Å²) in [5, 5.41) is 5.42. The van der Waals surface area contributed by atoms with Crippen molar-refractivity contribution in [1.82, 2.24) is 10.6 Å². The third-order valence-electron chi connectivity index (χ3n) is 3.64. The molecule has 2 aromatic rings. The van der Waals surface area contributed by atoms with Crippen molar-refractivity contribution in [2.75, 3.05) is 20.3 Å². The Kier molecular flexibility index (Phi) is 5.41. The van der Waals surface area contributed by atoms with Gasteiger partial charge in [-0.25, -0.2) is 4.79 Å². The van der Waals surface area contributed by atoms with E-state index in [-0.39, 0.29) is 12.1 Å². The number of hydrogen-bond acceptors (Lipinski definition) is 4. The van der Waals surface area contributed by atoms with Crippen LogP contribution in [0.5, 0.6) is 17.2 Å². The SMILES string of the molecule is COc1cccc(/C=C/NC(=O)NCC2COc3ccccc3O2)c1. The van der Waals surface area contributed by atoms with Gasteiger partial charge in [0, 0.05) is 6.20 Å². The molecule has 1 aliphatic rings. The second kappa shape index (κ2) is 8.10. The highest BCUT2D eigenvalue weighted by Crippen LogP contribution is 2.30. The molecular weight excluding hydrogens is 320 g/mol. The quantitative estimate of drug-likeness (QED) is 0.878. The molecule has 6 heteroatoms. The van der Waals surface area contributed by atoms with Gasteiger partial charge in [0.05, 0.1) is 13.7 Å². The van der Waals surface area contributed by atoms with Crippen LogP contribution in [0.3, 0.4) is 0 Å². The summed E-state index contributed by atoms with van der Waals surface area (Å²) in [6, 6.07) is 14.7. The molecule has 1 heterocycles. The van der Waals surface area contributed by atoms with Crippen LogP contribution < -0.4 is 24.8 Å². The van der Waals surface area contributed by atoms with Crippen LogP contribution in [0, 0.1) is 0 Å². The summed E-state index contributed by atoms with van der Waals surface area (Å²) in [7, 11) is 1.62. The molecule has 1 aliphatic heterocycles. The first kappa shape index (κ1) is 16.7. The predicted molar refractivity (Wildman–Crippen MR) is 94.9 cm³/mol. The van der Waals surface area contributed by atoms with Gasteiger partial charge in [-0.3, -0.25) is 0 Å². The molecule has 0 saturated heterocycles. The molecule has 130 valence electrons. The smallest absolute Gasteiger partial charge is 0.318 e. The summed E-state index contributed by atoms with van der Waals surface area (Å²) in [4.78, 5) is 11.9. The lowest BCUT2D eigenvalue weighted by atomic mass is 10.2. The number of benzene rings is 2. The van der Waals surface area contributed by atoms with E-state index in [0.717, 1.165) is 17.1 Å². The number of amides is 2. The van der Waals surface area contributed by atoms with Crippen LogP contribution in [0.2, 0.25) is 0 Å². The first-order valence-electron chi connectivity index (χ1n) is 7.98. The molecule has 0 saturated carbocycles. The zero-order chi connectivity index (χ0) is 17.5. The minimum Gasteiger partial charge on any atom is -0.497 e. The van der Waals surface area contributed by atoms with E-state index in [9.17, 15) is 4.79 Å². The standard InChI is InChI=1S/C19H20N2O4/c1-23-15-6-4-5-14(11-15)9-10-20-19(22)21-12-16-13-24-17-7-2-3-8-18(17)25-16/h2-11,16H,12-13H2,1H3,(H2,20,21,22)/b10-9+. The van der Waals surface area contributed by atoms with Gasteiger partial charge in [0.25, 0.3) is 0 Å². The van der Waals surface area contributed by atoms with Crippen LogP contribution in [0.1, 0.15) is 5.56 Å². The first-order valence-corrected chi connectivity index (χ1v) is 7.98. The van der Waals surface area contributed by atoms with Crippen LogP contribution >= 0.6 is 0 Å². The monoisotopic (exact) mass is 340 g/mol. The Morgan fingerprint density at radius 2 is 2.08 bits per heavy atom. The van der Waals surface area contributed by atoms with Gasteiger partial charge in [-0.1, -0.05) is 24.3 Å². The summed E-state index contributed by atoms with van der Waals surface area (Å²) in [6.45, 7) is 0.754. The zero-order valence-corrected chi connectivity index (χ0v) is 13.9. The van der Waals surface area contributed by atoms with Crippen LogP contribution in [0.4, 0.5) is 4.79 Å². The number of nitrogens with one attached hydrogen (secondary N) is 2. The molecular formula is C19H20N2O4. The van der Waals surface area contributed by atoms with Gasteiger partial charge < -0.3 is 24.8 Å². The first-order chi connectivity index (χ1) is 12.2. The van der Waals surface area contributed by atoms with E-state index in [1.54, 1.807) is 19.4 Å². The Morgan fingerprint density at radius 3 is 2.92 bits per heavy atom. The molecule has 2 N–H and O–H groups in total. The number of ether oxygens (including phenoxy) is 3. The van der Waals surface area contributed by atoms with Crippen molar-refractivity contribution in [1.29, 1.82) is 0 Å². The maximum absolute atomic E-state index is 11.9. The summed E-state index contributed by atoms with van der Waals surface area (Å²) in [5.41, 5.74) is 0.931. The Labute approximate surface area is 146 Å². The third kappa shape index (κ3) is 4.67. The van der Waals surface area contributed by atoms with Crippen molar-refractivity contribution in [3.05, 3.63) is 60.3 Å². The number of urea groups is 1. The Morgan fingerprint density at radius 1 is 1.24 bits per heavy atom. The van der Waals surface area contributed by atoms with Crippen molar-refractivity contribution < 1.29 is 19.0 Å².